The topological polar surface area (TPSA) is 700 Å². The van der Waals surface area contributed by atoms with E-state index >= 15 is 0 Å². The lowest BCUT2D eigenvalue weighted by Gasteiger charge is -2.51. The lowest BCUT2D eigenvalue weighted by molar-refractivity contribution is -0.411. The SMILES string of the molecule is COC[C@H]1O[C@H](O[C@H]2[C@H](O)[C@@H](O)[C@@H](O[C@H]3[C@H](O)[C@@H](O)[C@@H](O[C@H]4[C@H](O[C@H]5O[C@H](CO)[C@@H](O)[C@H](O)[C@H]5O)[C@@H](O)[C@@H](O[C@H]5[C@H](O)[C@@H](O)[C@H](O[C@@H]6[C@@H](O)[C@@H](OC[C@H]7O[C@H](O)[C@H](O)[C@@H](O)[C@@H]7O)O[C@H](CO)[C@H]6O[C@@H]6O[C@H](CO)[C@@H](O)[C@H](O)[C@H]6O)O[C@@H]5CO)O[C@@H]4COC)O[C@@H]3COC)O[C@@H]2COC)[C@H](O)[C@@H](O)[C@@H]1O. The van der Waals surface area contributed by atoms with Crippen LogP contribution in [0, 0.1) is 0 Å². The highest BCUT2D eigenvalue weighted by Gasteiger charge is 2.61. The van der Waals surface area contributed by atoms with Gasteiger partial charge in [0.05, 0.1) is 59.5 Å². The average molecular weight is 1530 g/mol. The highest BCUT2D eigenvalue weighted by atomic mass is 16.8. The minimum absolute atomic E-state index is 0.279. The molecule has 0 spiro atoms. The van der Waals surface area contributed by atoms with Gasteiger partial charge in [-0.15, -0.1) is 0 Å². The molecule has 45 atom stereocenters. The molecule has 608 valence electrons. The molecule has 0 saturated carbocycles. The number of aliphatic hydroxyl groups excluding tert-OH is 25. The van der Waals surface area contributed by atoms with Crippen molar-refractivity contribution in [1.29, 1.82) is 0 Å². The van der Waals surface area contributed by atoms with Crippen LogP contribution in [0.5, 0.6) is 0 Å². The van der Waals surface area contributed by atoms with E-state index in [1.807, 2.05) is 0 Å². The Hall–Kier alpha value is -1.84. The maximum atomic E-state index is 12.5. The van der Waals surface area contributed by atoms with E-state index in [9.17, 15) is 128 Å². The van der Waals surface area contributed by atoms with Gasteiger partial charge in [0.2, 0.25) is 0 Å². The lowest BCUT2D eigenvalue weighted by atomic mass is 9.94. The average Bonchev–Trinajstić information content (AvgIpc) is 0.765. The van der Waals surface area contributed by atoms with Crippen LogP contribution in [0.25, 0.3) is 0 Å². The summed E-state index contributed by atoms with van der Waals surface area (Å²) in [5.74, 6) is 0. The van der Waals surface area contributed by atoms with Gasteiger partial charge in [0.25, 0.3) is 0 Å². The Labute approximate surface area is 590 Å². The molecule has 46 nitrogen and oxygen atoms in total. The van der Waals surface area contributed by atoms with Crippen molar-refractivity contribution in [3.63, 3.8) is 0 Å². The predicted octanol–water partition coefficient (Wildman–Crippen LogP) is -18.0. The largest absolute Gasteiger partial charge is 0.394 e. The Morgan fingerprint density at radius 2 is 0.423 bits per heavy atom. The number of hydrogen-bond acceptors (Lipinski definition) is 46. The molecule has 0 aromatic heterocycles. The van der Waals surface area contributed by atoms with Gasteiger partial charge in [-0.25, -0.2) is 0 Å². The molecule has 0 aliphatic carbocycles. The van der Waals surface area contributed by atoms with Crippen LogP contribution in [0.3, 0.4) is 0 Å². The predicted molar refractivity (Wildman–Crippen MR) is 316 cm³/mol. The molecule has 0 amide bonds. The fourth-order valence-electron chi connectivity index (χ4n) is 13.5. The molecule has 9 aliphatic heterocycles. The number of ether oxygens (including phenoxy) is 21. The summed E-state index contributed by atoms with van der Waals surface area (Å²) in [5.41, 5.74) is 0. The van der Waals surface area contributed by atoms with Gasteiger partial charge in [-0.2, -0.15) is 0 Å². The minimum Gasteiger partial charge on any atom is -0.394 e. The van der Waals surface area contributed by atoms with E-state index in [-0.39, 0.29) is 6.61 Å². The third kappa shape index (κ3) is 18.4. The zero-order valence-corrected chi connectivity index (χ0v) is 56.1. The van der Waals surface area contributed by atoms with E-state index in [1.54, 1.807) is 0 Å². The lowest BCUT2D eigenvalue weighted by Crippen LogP contribution is -2.69. The molecule has 0 radical (unpaired) electrons. The maximum absolute atomic E-state index is 12.5. The third-order valence-corrected chi connectivity index (χ3v) is 19.4. The zero-order valence-electron chi connectivity index (χ0n) is 56.1. The summed E-state index contributed by atoms with van der Waals surface area (Å²) in [6.07, 6.45) is -88.9. The molecule has 9 saturated heterocycles. The van der Waals surface area contributed by atoms with Crippen LogP contribution in [-0.2, 0) is 99.5 Å². The van der Waals surface area contributed by atoms with Gasteiger partial charge < -0.3 is 227 Å². The fraction of sp³-hybridized carbons (Fsp3) is 1.00. The zero-order chi connectivity index (χ0) is 76.2. The van der Waals surface area contributed by atoms with Crippen LogP contribution in [0.4, 0.5) is 0 Å². The van der Waals surface area contributed by atoms with Gasteiger partial charge in [0.1, 0.15) is 220 Å². The summed E-state index contributed by atoms with van der Waals surface area (Å²) in [6, 6.07) is 0. The molecule has 9 fully saturated rings. The van der Waals surface area contributed by atoms with Crippen molar-refractivity contribution in [1.82, 2.24) is 0 Å². The monoisotopic (exact) mass is 1530 g/mol. The number of rotatable bonds is 29. The molecule has 9 heterocycles. The first-order valence-electron chi connectivity index (χ1n) is 33.2. The van der Waals surface area contributed by atoms with Gasteiger partial charge in [-0.05, 0) is 0 Å². The van der Waals surface area contributed by atoms with Crippen LogP contribution in [0.2, 0.25) is 0 Å². The first kappa shape index (κ1) is 86.1. The van der Waals surface area contributed by atoms with Crippen molar-refractivity contribution in [2.45, 2.75) is 276 Å². The van der Waals surface area contributed by atoms with Crippen molar-refractivity contribution in [3.8, 4) is 0 Å². The Kier molecular flexibility index (Phi) is 31.6. The van der Waals surface area contributed by atoms with Crippen molar-refractivity contribution in [2.75, 3.05) is 87.9 Å². The van der Waals surface area contributed by atoms with Gasteiger partial charge in [0, 0.05) is 28.4 Å². The van der Waals surface area contributed by atoms with Crippen molar-refractivity contribution in [2.24, 2.45) is 0 Å². The Morgan fingerprint density at radius 1 is 0.192 bits per heavy atom. The second kappa shape index (κ2) is 38.1. The van der Waals surface area contributed by atoms with Gasteiger partial charge in [0.15, 0.2) is 56.6 Å². The van der Waals surface area contributed by atoms with Crippen LogP contribution >= 0.6 is 0 Å². The molecule has 46 heteroatoms. The fourth-order valence-corrected chi connectivity index (χ4v) is 13.5. The second-order valence-electron chi connectivity index (χ2n) is 26.3. The Balaban J connectivity index is 0.949. The summed E-state index contributed by atoms with van der Waals surface area (Å²) in [6.45, 7) is -7.04. The summed E-state index contributed by atoms with van der Waals surface area (Å²) in [5, 5.41) is 275. The van der Waals surface area contributed by atoms with E-state index < -0.39 is 329 Å². The maximum Gasteiger partial charge on any atom is 0.187 e. The Bertz CT molecular complexity index is 2530. The molecular formula is C58H100O46. The smallest absolute Gasteiger partial charge is 0.187 e. The third-order valence-electron chi connectivity index (χ3n) is 19.4. The standard InChI is InChI=1S/C58H100O46/c1-84-9-18-25(65)30(70)37(77)54(94-18)99-44-20(10-85-2)95-56(39(79)32(44)72)100-45-21(11-86-3)96-57(40(80)33(45)73)102-47-22(12-87-4)97-58(42(82)49(47)104-53-36(76)29(69)24(64)15(6-60)91-53)98-43-16(7-61)93-55(38(78)31(43)71)103-48-41(81)51(88-13-19-26(66)27(67)34(74)50(83)89-19)92-17(8-62)46(48)101-52-35(75)28(68)23(63)14(5-59)90-52/h14-83H,5-13H2,1-4H3/t14-,15-,16-,17-,18-,19-,20-,21-,22-,23-,24-,25-,26-,27+,28+,29+,30+,31-,32-,33-,34-,35-,36-,37-,38-,39-,40-,41-,42-,43-,44-,45-,46-,47-,48-,49-,50+,51+,52+,53-,54-,55+,56-,57-,58-/m1/s1. The van der Waals surface area contributed by atoms with Gasteiger partial charge in [-0.1, -0.05) is 0 Å². The Morgan fingerprint density at radius 3 is 0.798 bits per heavy atom. The highest BCUT2D eigenvalue weighted by molar-refractivity contribution is 5.03. The molecule has 0 bridgehead atoms. The van der Waals surface area contributed by atoms with E-state index in [2.05, 4.69) is 0 Å². The summed E-state index contributed by atoms with van der Waals surface area (Å²) >= 11 is 0. The summed E-state index contributed by atoms with van der Waals surface area (Å²) in [4.78, 5) is 0. The van der Waals surface area contributed by atoms with E-state index in [4.69, 9.17) is 99.5 Å². The first-order valence-corrected chi connectivity index (χ1v) is 33.2. The number of methoxy groups -OCH3 is 4. The number of aliphatic hydroxyl groups is 25. The molecule has 104 heavy (non-hydrogen) atoms. The van der Waals surface area contributed by atoms with Crippen LogP contribution in [0.15, 0.2) is 0 Å². The second-order valence-corrected chi connectivity index (χ2v) is 26.3. The van der Waals surface area contributed by atoms with E-state index in [1.165, 1.54) is 21.3 Å². The van der Waals surface area contributed by atoms with Crippen molar-refractivity contribution in [3.05, 3.63) is 0 Å². The minimum atomic E-state index is -2.43. The van der Waals surface area contributed by atoms with Gasteiger partial charge in [-0.3, -0.25) is 0 Å². The molecule has 9 rings (SSSR count). The molecule has 9 aliphatic rings. The molecule has 0 unspecified atom stereocenters. The molecular weight excluding hydrogens is 1430 g/mol. The highest BCUT2D eigenvalue weighted by Crippen LogP contribution is 2.41. The van der Waals surface area contributed by atoms with Crippen molar-refractivity contribution >= 4 is 0 Å². The van der Waals surface area contributed by atoms with Gasteiger partial charge >= 0.3 is 0 Å². The van der Waals surface area contributed by atoms with Crippen LogP contribution in [0.1, 0.15) is 0 Å². The normalized spacial score (nSPS) is 52.1. The summed E-state index contributed by atoms with van der Waals surface area (Å²) in [7, 11) is 4.81. The molecule has 25 N–H and O–H groups in total. The van der Waals surface area contributed by atoms with Crippen LogP contribution < -0.4 is 0 Å². The first-order chi connectivity index (χ1) is 49.4. The molecule has 0 aromatic rings. The van der Waals surface area contributed by atoms with E-state index in [0.29, 0.717) is 0 Å². The van der Waals surface area contributed by atoms with Crippen molar-refractivity contribution < 1.29 is 227 Å². The quantitative estimate of drug-likeness (QED) is 0.0331. The van der Waals surface area contributed by atoms with Crippen LogP contribution in [-0.4, -0.2) is 492 Å². The molecule has 0 aromatic carbocycles. The number of hydrogen-bond donors (Lipinski definition) is 25. The van der Waals surface area contributed by atoms with E-state index in [0.717, 1.165) is 7.11 Å². The summed E-state index contributed by atoms with van der Waals surface area (Å²) < 4.78 is 121.